The molecular formula is C13H16N2O3. The summed E-state index contributed by atoms with van der Waals surface area (Å²) in [6, 6.07) is 4.35. The van der Waals surface area contributed by atoms with Crippen LogP contribution in [0.5, 0.6) is 0 Å². The van der Waals surface area contributed by atoms with Gasteiger partial charge in [0.2, 0.25) is 5.91 Å². The lowest BCUT2D eigenvalue weighted by molar-refractivity contribution is -0.119. The van der Waals surface area contributed by atoms with Crippen LogP contribution in [-0.4, -0.2) is 29.6 Å². The SMILES string of the molecule is CCC(N)C(=O)N1CCc2ccc(C(=O)O)cc21. The molecule has 3 N–H and O–H groups in total. The lowest BCUT2D eigenvalue weighted by Gasteiger charge is -2.21. The number of nitrogens with two attached hydrogens (primary N) is 1. The van der Waals surface area contributed by atoms with Gasteiger partial charge < -0.3 is 15.7 Å². The van der Waals surface area contributed by atoms with Crippen molar-refractivity contribution in [3.63, 3.8) is 0 Å². The van der Waals surface area contributed by atoms with Crippen molar-refractivity contribution in [3.8, 4) is 0 Å². The van der Waals surface area contributed by atoms with Crippen LogP contribution in [0.25, 0.3) is 0 Å². The second kappa shape index (κ2) is 4.78. The minimum absolute atomic E-state index is 0.140. The van der Waals surface area contributed by atoms with Crippen molar-refractivity contribution in [1.82, 2.24) is 0 Å². The summed E-state index contributed by atoms with van der Waals surface area (Å²) in [6.45, 7) is 2.43. The van der Waals surface area contributed by atoms with Gasteiger partial charge in [-0.25, -0.2) is 4.79 Å². The van der Waals surface area contributed by atoms with Crippen molar-refractivity contribution >= 4 is 17.6 Å². The molecule has 0 aliphatic carbocycles. The molecule has 1 aliphatic heterocycles. The van der Waals surface area contributed by atoms with Crippen LogP contribution < -0.4 is 10.6 Å². The molecule has 2 rings (SSSR count). The lowest BCUT2D eigenvalue weighted by Crippen LogP contribution is -2.42. The number of fused-ring (bicyclic) bond motifs is 1. The number of aromatic carboxylic acids is 1. The summed E-state index contributed by atoms with van der Waals surface area (Å²) in [7, 11) is 0. The quantitative estimate of drug-likeness (QED) is 0.836. The first-order valence-electron chi connectivity index (χ1n) is 5.97. The summed E-state index contributed by atoms with van der Waals surface area (Å²) in [5, 5.41) is 8.97. The average Bonchev–Trinajstić information content (AvgIpc) is 2.79. The Morgan fingerprint density at radius 2 is 2.22 bits per heavy atom. The van der Waals surface area contributed by atoms with E-state index in [0.717, 1.165) is 12.0 Å². The van der Waals surface area contributed by atoms with Crippen LogP contribution in [0.15, 0.2) is 18.2 Å². The van der Waals surface area contributed by atoms with Crippen molar-refractivity contribution in [2.24, 2.45) is 5.73 Å². The first-order chi connectivity index (χ1) is 8.54. The fourth-order valence-corrected chi connectivity index (χ4v) is 2.12. The van der Waals surface area contributed by atoms with Crippen LogP contribution in [0, 0.1) is 0 Å². The van der Waals surface area contributed by atoms with E-state index in [0.29, 0.717) is 18.7 Å². The number of hydrogen-bond donors (Lipinski definition) is 2. The molecule has 0 bridgehead atoms. The Kier molecular flexibility index (Phi) is 3.34. The standard InChI is InChI=1S/C13H16N2O3/c1-2-10(14)12(16)15-6-5-8-3-4-9(13(17)18)7-11(8)15/h3-4,7,10H,2,5-6,14H2,1H3,(H,17,18). The van der Waals surface area contributed by atoms with Crippen molar-refractivity contribution < 1.29 is 14.7 Å². The Bertz CT molecular complexity index is 499. The van der Waals surface area contributed by atoms with E-state index < -0.39 is 12.0 Å². The molecule has 1 heterocycles. The van der Waals surface area contributed by atoms with Gasteiger partial charge in [-0.1, -0.05) is 13.0 Å². The number of amides is 1. The molecule has 1 aliphatic rings. The lowest BCUT2D eigenvalue weighted by atomic mass is 10.1. The largest absolute Gasteiger partial charge is 0.478 e. The normalized spacial score (nSPS) is 15.3. The van der Waals surface area contributed by atoms with Crippen LogP contribution in [0.3, 0.4) is 0 Å². The van der Waals surface area contributed by atoms with E-state index in [9.17, 15) is 9.59 Å². The molecular weight excluding hydrogens is 232 g/mol. The number of rotatable bonds is 3. The molecule has 5 nitrogen and oxygen atoms in total. The molecule has 18 heavy (non-hydrogen) atoms. The number of carbonyl (C=O) groups excluding carboxylic acids is 1. The van der Waals surface area contributed by atoms with E-state index >= 15 is 0 Å². The fourth-order valence-electron chi connectivity index (χ4n) is 2.12. The Morgan fingerprint density at radius 1 is 1.50 bits per heavy atom. The zero-order valence-corrected chi connectivity index (χ0v) is 10.2. The molecule has 1 aromatic carbocycles. The Labute approximate surface area is 105 Å². The molecule has 0 saturated carbocycles. The van der Waals surface area contributed by atoms with Crippen molar-refractivity contribution in [3.05, 3.63) is 29.3 Å². The summed E-state index contributed by atoms with van der Waals surface area (Å²) >= 11 is 0. The van der Waals surface area contributed by atoms with E-state index in [4.69, 9.17) is 10.8 Å². The molecule has 0 spiro atoms. The highest BCUT2D eigenvalue weighted by molar-refractivity contribution is 6.00. The van der Waals surface area contributed by atoms with Gasteiger partial charge in [0, 0.05) is 12.2 Å². The predicted molar refractivity (Wildman–Crippen MR) is 67.7 cm³/mol. The van der Waals surface area contributed by atoms with E-state index in [1.165, 1.54) is 0 Å². The number of hydrogen-bond acceptors (Lipinski definition) is 3. The first kappa shape index (κ1) is 12.6. The zero-order valence-electron chi connectivity index (χ0n) is 10.2. The average molecular weight is 248 g/mol. The Hall–Kier alpha value is -1.88. The minimum Gasteiger partial charge on any atom is -0.478 e. The Balaban J connectivity index is 2.34. The fraction of sp³-hybridized carbons (Fsp3) is 0.385. The van der Waals surface area contributed by atoms with Crippen LogP contribution in [0.4, 0.5) is 5.69 Å². The number of benzene rings is 1. The summed E-state index contributed by atoms with van der Waals surface area (Å²) in [4.78, 5) is 24.6. The van der Waals surface area contributed by atoms with Gasteiger partial charge in [-0.3, -0.25) is 4.79 Å². The van der Waals surface area contributed by atoms with Gasteiger partial charge in [-0.2, -0.15) is 0 Å². The second-order valence-electron chi connectivity index (χ2n) is 4.40. The zero-order chi connectivity index (χ0) is 13.3. The van der Waals surface area contributed by atoms with Crippen LogP contribution in [0.1, 0.15) is 29.3 Å². The molecule has 1 unspecified atom stereocenters. The van der Waals surface area contributed by atoms with Gasteiger partial charge in [0.1, 0.15) is 0 Å². The van der Waals surface area contributed by atoms with Gasteiger partial charge in [0.05, 0.1) is 11.6 Å². The summed E-state index contributed by atoms with van der Waals surface area (Å²) in [6.07, 6.45) is 1.32. The van der Waals surface area contributed by atoms with E-state index in [2.05, 4.69) is 0 Å². The maximum atomic E-state index is 12.1. The van der Waals surface area contributed by atoms with Crippen molar-refractivity contribution in [2.75, 3.05) is 11.4 Å². The third-order valence-corrected chi connectivity index (χ3v) is 3.25. The number of carbonyl (C=O) groups is 2. The summed E-state index contributed by atoms with van der Waals surface area (Å²) in [5.41, 5.74) is 7.62. The van der Waals surface area contributed by atoms with E-state index in [1.54, 1.807) is 23.1 Å². The molecule has 5 heteroatoms. The molecule has 0 radical (unpaired) electrons. The highest BCUT2D eigenvalue weighted by atomic mass is 16.4. The van der Waals surface area contributed by atoms with Crippen LogP contribution >= 0.6 is 0 Å². The number of carboxylic acid groups (broad SMARTS) is 1. The Morgan fingerprint density at radius 3 is 2.83 bits per heavy atom. The molecule has 96 valence electrons. The molecule has 0 fully saturated rings. The summed E-state index contributed by atoms with van der Waals surface area (Å²) in [5.74, 6) is -1.13. The predicted octanol–water partition coefficient (Wildman–Crippen LogP) is 1.01. The van der Waals surface area contributed by atoms with Crippen LogP contribution in [0.2, 0.25) is 0 Å². The molecule has 0 aromatic heterocycles. The maximum absolute atomic E-state index is 12.1. The third-order valence-electron chi connectivity index (χ3n) is 3.25. The van der Waals surface area contributed by atoms with Gasteiger partial charge in [0.15, 0.2) is 0 Å². The number of nitrogens with zero attached hydrogens (tertiary/aromatic N) is 1. The smallest absolute Gasteiger partial charge is 0.335 e. The first-order valence-corrected chi connectivity index (χ1v) is 5.97. The molecule has 1 aromatic rings. The van der Waals surface area contributed by atoms with Gasteiger partial charge in [-0.15, -0.1) is 0 Å². The highest BCUT2D eigenvalue weighted by Crippen LogP contribution is 2.29. The van der Waals surface area contributed by atoms with Gasteiger partial charge in [-0.05, 0) is 30.5 Å². The van der Waals surface area contributed by atoms with Crippen molar-refractivity contribution in [1.29, 1.82) is 0 Å². The second-order valence-corrected chi connectivity index (χ2v) is 4.40. The molecule has 1 amide bonds. The monoisotopic (exact) mass is 248 g/mol. The van der Waals surface area contributed by atoms with Crippen LogP contribution in [-0.2, 0) is 11.2 Å². The number of carboxylic acids is 1. The molecule has 0 saturated heterocycles. The molecule has 1 atom stereocenters. The van der Waals surface area contributed by atoms with Gasteiger partial charge >= 0.3 is 5.97 Å². The topological polar surface area (TPSA) is 83.6 Å². The number of anilines is 1. The summed E-state index contributed by atoms with van der Waals surface area (Å²) < 4.78 is 0. The van der Waals surface area contributed by atoms with E-state index in [1.807, 2.05) is 6.92 Å². The van der Waals surface area contributed by atoms with E-state index in [-0.39, 0.29) is 11.5 Å². The third kappa shape index (κ3) is 2.09. The van der Waals surface area contributed by atoms with Gasteiger partial charge in [0.25, 0.3) is 0 Å². The maximum Gasteiger partial charge on any atom is 0.335 e. The van der Waals surface area contributed by atoms with Crippen molar-refractivity contribution in [2.45, 2.75) is 25.8 Å². The highest BCUT2D eigenvalue weighted by Gasteiger charge is 2.28. The minimum atomic E-state index is -0.989.